The molecule has 0 saturated heterocycles. The van der Waals surface area contributed by atoms with Gasteiger partial charge in [0.15, 0.2) is 5.96 Å². The first-order valence-corrected chi connectivity index (χ1v) is 7.37. The van der Waals surface area contributed by atoms with E-state index in [0.717, 1.165) is 31.2 Å². The summed E-state index contributed by atoms with van der Waals surface area (Å²) < 4.78 is 5.15. The van der Waals surface area contributed by atoms with Gasteiger partial charge in [-0.1, -0.05) is 31.9 Å². The Balaban J connectivity index is 0.00000400. The highest BCUT2D eigenvalue weighted by molar-refractivity contribution is 14.0. The van der Waals surface area contributed by atoms with Crippen molar-refractivity contribution in [3.05, 3.63) is 29.8 Å². The first kappa shape index (κ1) is 20.0. The van der Waals surface area contributed by atoms with E-state index in [9.17, 15) is 0 Å². The van der Waals surface area contributed by atoms with Crippen LogP contribution in [0.3, 0.4) is 0 Å². The molecule has 0 amide bonds. The molecule has 2 N–H and O–H groups in total. The SMILES string of the molecule is CCCCCNC(=NC)NCCc1ccc(OC)cc1.I. The summed E-state index contributed by atoms with van der Waals surface area (Å²) in [6.07, 6.45) is 4.66. The number of guanidine groups is 1. The Kier molecular flexibility index (Phi) is 12.1. The molecule has 120 valence electrons. The minimum atomic E-state index is 0. The summed E-state index contributed by atoms with van der Waals surface area (Å²) in [6, 6.07) is 8.18. The minimum Gasteiger partial charge on any atom is -0.497 e. The number of methoxy groups -OCH3 is 1. The van der Waals surface area contributed by atoms with Gasteiger partial charge >= 0.3 is 0 Å². The average Bonchev–Trinajstić information content (AvgIpc) is 2.50. The number of unbranched alkanes of at least 4 members (excludes halogenated alkanes) is 2. The van der Waals surface area contributed by atoms with Crippen LogP contribution in [0.5, 0.6) is 5.75 Å². The number of nitrogens with zero attached hydrogens (tertiary/aromatic N) is 1. The molecule has 0 aliphatic carbocycles. The molecule has 5 heteroatoms. The van der Waals surface area contributed by atoms with Crippen molar-refractivity contribution < 1.29 is 4.74 Å². The van der Waals surface area contributed by atoms with Crippen molar-refractivity contribution in [3.8, 4) is 5.75 Å². The monoisotopic (exact) mass is 405 g/mol. The van der Waals surface area contributed by atoms with Crippen LogP contribution in [0.1, 0.15) is 31.7 Å². The van der Waals surface area contributed by atoms with Gasteiger partial charge in [0.1, 0.15) is 5.75 Å². The van der Waals surface area contributed by atoms with E-state index in [-0.39, 0.29) is 24.0 Å². The standard InChI is InChI=1S/C16H27N3O.HI/c1-4-5-6-12-18-16(17-2)19-13-11-14-7-9-15(20-3)10-8-14;/h7-10H,4-6,11-13H2,1-3H3,(H2,17,18,19);1H. The topological polar surface area (TPSA) is 45.7 Å². The number of halogens is 1. The van der Waals surface area contributed by atoms with E-state index >= 15 is 0 Å². The maximum absolute atomic E-state index is 5.15. The molecule has 0 aliphatic heterocycles. The second kappa shape index (κ2) is 12.7. The average molecular weight is 405 g/mol. The summed E-state index contributed by atoms with van der Waals surface area (Å²) in [5.41, 5.74) is 1.29. The third kappa shape index (κ3) is 8.80. The fourth-order valence-corrected chi connectivity index (χ4v) is 1.92. The van der Waals surface area contributed by atoms with Gasteiger partial charge in [-0.3, -0.25) is 4.99 Å². The molecule has 1 aromatic rings. The highest BCUT2D eigenvalue weighted by Gasteiger charge is 1.98. The smallest absolute Gasteiger partial charge is 0.190 e. The molecule has 0 unspecified atom stereocenters. The molecule has 21 heavy (non-hydrogen) atoms. The quantitative estimate of drug-likeness (QED) is 0.302. The summed E-state index contributed by atoms with van der Waals surface area (Å²) >= 11 is 0. The lowest BCUT2D eigenvalue weighted by Gasteiger charge is -2.11. The van der Waals surface area contributed by atoms with E-state index in [1.807, 2.05) is 19.2 Å². The zero-order chi connectivity index (χ0) is 14.6. The Morgan fingerprint density at radius 2 is 1.76 bits per heavy atom. The predicted octanol–water partition coefficient (Wildman–Crippen LogP) is 3.21. The van der Waals surface area contributed by atoms with Crippen LogP contribution in [0.2, 0.25) is 0 Å². The van der Waals surface area contributed by atoms with Crippen molar-refractivity contribution in [1.82, 2.24) is 10.6 Å². The third-order valence-corrected chi connectivity index (χ3v) is 3.16. The van der Waals surface area contributed by atoms with Crippen LogP contribution in [0.15, 0.2) is 29.3 Å². The van der Waals surface area contributed by atoms with Gasteiger partial charge in [-0.15, -0.1) is 24.0 Å². The number of rotatable bonds is 8. The van der Waals surface area contributed by atoms with Crippen molar-refractivity contribution in [2.24, 2.45) is 4.99 Å². The van der Waals surface area contributed by atoms with Crippen LogP contribution in [0, 0.1) is 0 Å². The molecule has 4 nitrogen and oxygen atoms in total. The molecule has 0 radical (unpaired) electrons. The molecule has 0 spiro atoms. The summed E-state index contributed by atoms with van der Waals surface area (Å²) in [7, 11) is 3.49. The third-order valence-electron chi connectivity index (χ3n) is 3.16. The van der Waals surface area contributed by atoms with Crippen molar-refractivity contribution in [2.45, 2.75) is 32.6 Å². The number of ether oxygens (including phenoxy) is 1. The Morgan fingerprint density at radius 3 is 2.33 bits per heavy atom. The molecular formula is C16H28IN3O. The van der Waals surface area contributed by atoms with Gasteiger partial charge in [0.2, 0.25) is 0 Å². The van der Waals surface area contributed by atoms with E-state index in [1.165, 1.54) is 24.8 Å². The first-order valence-electron chi connectivity index (χ1n) is 7.37. The number of aliphatic imine (C=N–C) groups is 1. The summed E-state index contributed by atoms with van der Waals surface area (Å²) in [4.78, 5) is 4.22. The molecule has 1 rings (SSSR count). The lowest BCUT2D eigenvalue weighted by Crippen LogP contribution is -2.38. The number of benzene rings is 1. The van der Waals surface area contributed by atoms with Crippen molar-refractivity contribution in [3.63, 3.8) is 0 Å². The van der Waals surface area contributed by atoms with Gasteiger partial charge in [-0.25, -0.2) is 0 Å². The first-order chi connectivity index (χ1) is 9.80. The van der Waals surface area contributed by atoms with Crippen LogP contribution < -0.4 is 15.4 Å². The van der Waals surface area contributed by atoms with Gasteiger partial charge in [0, 0.05) is 20.1 Å². The Hall–Kier alpha value is -0.980. The Bertz CT molecular complexity index is 393. The number of hydrogen-bond donors (Lipinski definition) is 2. The lowest BCUT2D eigenvalue weighted by molar-refractivity contribution is 0.414. The minimum absolute atomic E-state index is 0. The summed E-state index contributed by atoms with van der Waals surface area (Å²) in [5, 5.41) is 6.66. The van der Waals surface area contributed by atoms with E-state index in [4.69, 9.17) is 4.74 Å². The normalized spacial score (nSPS) is 10.7. The molecule has 0 fully saturated rings. The maximum Gasteiger partial charge on any atom is 0.190 e. The molecule has 0 aromatic heterocycles. The van der Waals surface area contributed by atoms with Crippen molar-refractivity contribution in [1.29, 1.82) is 0 Å². The van der Waals surface area contributed by atoms with E-state index in [2.05, 4.69) is 34.7 Å². The van der Waals surface area contributed by atoms with Gasteiger partial charge in [0.25, 0.3) is 0 Å². The van der Waals surface area contributed by atoms with Crippen LogP contribution in [0.25, 0.3) is 0 Å². The second-order valence-electron chi connectivity index (χ2n) is 4.73. The van der Waals surface area contributed by atoms with Crippen LogP contribution in [0.4, 0.5) is 0 Å². The molecule has 0 saturated carbocycles. The van der Waals surface area contributed by atoms with Gasteiger partial charge < -0.3 is 15.4 Å². The molecule has 0 heterocycles. The van der Waals surface area contributed by atoms with Crippen LogP contribution in [-0.2, 0) is 6.42 Å². The maximum atomic E-state index is 5.15. The Morgan fingerprint density at radius 1 is 1.10 bits per heavy atom. The molecule has 0 aliphatic rings. The molecule has 1 aromatic carbocycles. The molecule has 0 bridgehead atoms. The number of hydrogen-bond acceptors (Lipinski definition) is 2. The largest absolute Gasteiger partial charge is 0.497 e. The highest BCUT2D eigenvalue weighted by atomic mass is 127. The predicted molar refractivity (Wildman–Crippen MR) is 101 cm³/mol. The summed E-state index contributed by atoms with van der Waals surface area (Å²) in [6.45, 7) is 4.07. The second-order valence-corrected chi connectivity index (χ2v) is 4.73. The van der Waals surface area contributed by atoms with Crippen molar-refractivity contribution >= 4 is 29.9 Å². The van der Waals surface area contributed by atoms with Gasteiger partial charge in [-0.05, 0) is 30.5 Å². The Labute approximate surface area is 145 Å². The number of nitrogens with one attached hydrogen (secondary N) is 2. The van der Waals surface area contributed by atoms with Gasteiger partial charge in [0.05, 0.1) is 7.11 Å². The fourth-order valence-electron chi connectivity index (χ4n) is 1.92. The van der Waals surface area contributed by atoms with E-state index < -0.39 is 0 Å². The van der Waals surface area contributed by atoms with E-state index in [0.29, 0.717) is 0 Å². The lowest BCUT2D eigenvalue weighted by atomic mass is 10.1. The van der Waals surface area contributed by atoms with Crippen molar-refractivity contribution in [2.75, 3.05) is 27.2 Å². The molecular weight excluding hydrogens is 377 g/mol. The van der Waals surface area contributed by atoms with E-state index in [1.54, 1.807) is 7.11 Å². The van der Waals surface area contributed by atoms with Crippen LogP contribution in [-0.4, -0.2) is 33.2 Å². The van der Waals surface area contributed by atoms with Crippen LogP contribution >= 0.6 is 24.0 Å². The zero-order valence-electron chi connectivity index (χ0n) is 13.3. The molecule has 0 atom stereocenters. The van der Waals surface area contributed by atoms with Gasteiger partial charge in [-0.2, -0.15) is 0 Å². The highest BCUT2D eigenvalue weighted by Crippen LogP contribution is 2.11. The fraction of sp³-hybridized carbons (Fsp3) is 0.562. The zero-order valence-corrected chi connectivity index (χ0v) is 15.6. The summed E-state index contributed by atoms with van der Waals surface area (Å²) in [5.74, 6) is 1.78.